The second-order valence-corrected chi connectivity index (χ2v) is 5.18. The Morgan fingerprint density at radius 3 is 2.48 bits per heavy atom. The van der Waals surface area contributed by atoms with Crippen molar-refractivity contribution in [3.8, 4) is 5.75 Å². The molecule has 1 unspecified atom stereocenters. The third kappa shape index (κ3) is 4.66. The Bertz CT molecular complexity index is 502. The van der Waals surface area contributed by atoms with Crippen LogP contribution < -0.4 is 10.1 Å². The van der Waals surface area contributed by atoms with Crippen molar-refractivity contribution in [1.29, 1.82) is 0 Å². The standard InChI is InChI=1S/C15H22N2O4/c1-10(2)13(14(18)19)16-15(20)17(3)9-11-7-5-6-8-12(11)21-4/h5-8,10,13H,9H2,1-4H3,(H,16,20)(H,18,19). The van der Waals surface area contributed by atoms with E-state index in [2.05, 4.69) is 5.32 Å². The number of aliphatic carboxylic acids is 1. The highest BCUT2D eigenvalue weighted by atomic mass is 16.5. The van der Waals surface area contributed by atoms with Gasteiger partial charge in [-0.2, -0.15) is 0 Å². The zero-order valence-corrected chi connectivity index (χ0v) is 12.8. The summed E-state index contributed by atoms with van der Waals surface area (Å²) in [6.07, 6.45) is 0. The van der Waals surface area contributed by atoms with E-state index in [1.807, 2.05) is 24.3 Å². The van der Waals surface area contributed by atoms with Crippen molar-refractivity contribution in [1.82, 2.24) is 10.2 Å². The topological polar surface area (TPSA) is 78.9 Å². The number of hydrogen-bond acceptors (Lipinski definition) is 3. The van der Waals surface area contributed by atoms with E-state index >= 15 is 0 Å². The first-order chi connectivity index (χ1) is 9.86. The van der Waals surface area contributed by atoms with Crippen LogP contribution in [0.5, 0.6) is 5.75 Å². The quantitative estimate of drug-likeness (QED) is 0.840. The minimum absolute atomic E-state index is 0.189. The number of hydrogen-bond donors (Lipinski definition) is 2. The molecule has 21 heavy (non-hydrogen) atoms. The first kappa shape index (κ1) is 16.8. The first-order valence-electron chi connectivity index (χ1n) is 6.73. The number of nitrogens with one attached hydrogen (secondary N) is 1. The third-order valence-electron chi connectivity index (χ3n) is 3.16. The Morgan fingerprint density at radius 1 is 1.33 bits per heavy atom. The molecule has 0 heterocycles. The predicted octanol–water partition coefficient (Wildman–Crippen LogP) is 1.95. The molecule has 1 aromatic rings. The van der Waals surface area contributed by atoms with Gasteiger partial charge in [-0.15, -0.1) is 0 Å². The number of benzene rings is 1. The molecule has 0 aliphatic rings. The van der Waals surface area contributed by atoms with Gasteiger partial charge < -0.3 is 20.1 Å². The van der Waals surface area contributed by atoms with Crippen molar-refractivity contribution < 1.29 is 19.4 Å². The Balaban J connectivity index is 2.72. The summed E-state index contributed by atoms with van der Waals surface area (Å²) in [5.74, 6) is -0.536. The number of rotatable bonds is 6. The molecule has 0 saturated carbocycles. The molecule has 6 nitrogen and oxygen atoms in total. The van der Waals surface area contributed by atoms with Crippen LogP contribution in [0.15, 0.2) is 24.3 Å². The third-order valence-corrected chi connectivity index (χ3v) is 3.16. The van der Waals surface area contributed by atoms with Gasteiger partial charge in [0.15, 0.2) is 0 Å². The fourth-order valence-corrected chi connectivity index (χ4v) is 1.92. The van der Waals surface area contributed by atoms with Crippen LogP contribution in [0.1, 0.15) is 19.4 Å². The smallest absolute Gasteiger partial charge is 0.326 e. The van der Waals surface area contributed by atoms with E-state index in [0.29, 0.717) is 12.3 Å². The molecule has 6 heteroatoms. The van der Waals surface area contributed by atoms with E-state index < -0.39 is 18.0 Å². The van der Waals surface area contributed by atoms with E-state index in [1.54, 1.807) is 28.0 Å². The number of carbonyl (C=O) groups excluding carboxylic acids is 1. The van der Waals surface area contributed by atoms with Gasteiger partial charge in [0.1, 0.15) is 11.8 Å². The highest BCUT2D eigenvalue weighted by molar-refractivity contribution is 5.82. The zero-order chi connectivity index (χ0) is 16.0. The number of carboxylic acid groups (broad SMARTS) is 1. The Kier molecular flexibility index (Phi) is 6.02. The lowest BCUT2D eigenvalue weighted by Gasteiger charge is -2.23. The Labute approximate surface area is 124 Å². The second kappa shape index (κ2) is 7.52. The first-order valence-corrected chi connectivity index (χ1v) is 6.73. The van der Waals surface area contributed by atoms with Gasteiger partial charge in [-0.1, -0.05) is 32.0 Å². The molecule has 116 valence electrons. The summed E-state index contributed by atoms with van der Waals surface area (Å²) < 4.78 is 5.23. The Morgan fingerprint density at radius 2 is 1.95 bits per heavy atom. The number of methoxy groups -OCH3 is 1. The molecule has 1 aromatic carbocycles. The SMILES string of the molecule is COc1ccccc1CN(C)C(=O)NC(C(=O)O)C(C)C. The molecule has 2 amide bonds. The number of carbonyl (C=O) groups is 2. The molecule has 0 radical (unpaired) electrons. The van der Waals surface area contributed by atoms with Crippen molar-refractivity contribution >= 4 is 12.0 Å². The van der Waals surface area contributed by atoms with Gasteiger partial charge in [-0.25, -0.2) is 9.59 Å². The van der Waals surface area contributed by atoms with Gasteiger partial charge in [-0.3, -0.25) is 0 Å². The molecular formula is C15H22N2O4. The highest BCUT2D eigenvalue weighted by Crippen LogP contribution is 2.18. The number of para-hydroxylation sites is 1. The summed E-state index contributed by atoms with van der Waals surface area (Å²) in [4.78, 5) is 24.6. The van der Waals surface area contributed by atoms with E-state index in [0.717, 1.165) is 5.56 Å². The van der Waals surface area contributed by atoms with Gasteiger partial charge in [0.25, 0.3) is 0 Å². The van der Waals surface area contributed by atoms with Crippen LogP contribution in [-0.4, -0.2) is 42.2 Å². The largest absolute Gasteiger partial charge is 0.496 e. The van der Waals surface area contributed by atoms with E-state index in [1.165, 1.54) is 4.90 Å². The van der Waals surface area contributed by atoms with Gasteiger partial charge >= 0.3 is 12.0 Å². The fourth-order valence-electron chi connectivity index (χ4n) is 1.92. The molecule has 0 aliphatic carbocycles. The zero-order valence-electron chi connectivity index (χ0n) is 12.8. The van der Waals surface area contributed by atoms with Crippen molar-refractivity contribution in [2.24, 2.45) is 5.92 Å². The number of amides is 2. The lowest BCUT2D eigenvalue weighted by molar-refractivity contribution is -0.140. The number of ether oxygens (including phenoxy) is 1. The van der Waals surface area contributed by atoms with Gasteiger partial charge in [0.05, 0.1) is 13.7 Å². The predicted molar refractivity (Wildman–Crippen MR) is 79.3 cm³/mol. The lowest BCUT2D eigenvalue weighted by Crippen LogP contribution is -2.48. The van der Waals surface area contributed by atoms with Crippen LogP contribution in [0.4, 0.5) is 4.79 Å². The molecule has 0 fully saturated rings. The monoisotopic (exact) mass is 294 g/mol. The summed E-state index contributed by atoms with van der Waals surface area (Å²) in [5.41, 5.74) is 0.856. The van der Waals surface area contributed by atoms with Crippen molar-refractivity contribution in [2.75, 3.05) is 14.2 Å². The lowest BCUT2D eigenvalue weighted by atomic mass is 10.1. The maximum atomic E-state index is 12.1. The fraction of sp³-hybridized carbons (Fsp3) is 0.467. The van der Waals surface area contributed by atoms with E-state index in [9.17, 15) is 9.59 Å². The normalized spacial score (nSPS) is 11.9. The van der Waals surface area contributed by atoms with Crippen molar-refractivity contribution in [3.05, 3.63) is 29.8 Å². The summed E-state index contributed by atoms with van der Waals surface area (Å²) in [6.45, 7) is 3.83. The van der Waals surface area contributed by atoms with Crippen molar-refractivity contribution in [3.63, 3.8) is 0 Å². The van der Waals surface area contributed by atoms with Crippen LogP contribution in [0.25, 0.3) is 0 Å². The highest BCUT2D eigenvalue weighted by Gasteiger charge is 2.25. The van der Waals surface area contributed by atoms with Gasteiger partial charge in [0, 0.05) is 12.6 Å². The van der Waals surface area contributed by atoms with Crippen molar-refractivity contribution in [2.45, 2.75) is 26.4 Å². The molecule has 1 rings (SSSR count). The minimum Gasteiger partial charge on any atom is -0.496 e. The molecular weight excluding hydrogens is 272 g/mol. The van der Waals surface area contributed by atoms with E-state index in [4.69, 9.17) is 9.84 Å². The van der Waals surface area contributed by atoms with E-state index in [-0.39, 0.29) is 5.92 Å². The molecule has 0 bridgehead atoms. The number of urea groups is 1. The molecule has 0 aliphatic heterocycles. The molecule has 0 spiro atoms. The van der Waals surface area contributed by atoms with Crippen LogP contribution in [0.3, 0.4) is 0 Å². The second-order valence-electron chi connectivity index (χ2n) is 5.18. The summed E-state index contributed by atoms with van der Waals surface area (Å²) in [5, 5.41) is 11.6. The molecule has 0 saturated heterocycles. The maximum absolute atomic E-state index is 12.1. The van der Waals surface area contributed by atoms with Crippen LogP contribution in [-0.2, 0) is 11.3 Å². The summed E-state index contributed by atoms with van der Waals surface area (Å²) in [7, 11) is 3.18. The number of carboxylic acids is 1. The Hall–Kier alpha value is -2.24. The average Bonchev–Trinajstić information content (AvgIpc) is 2.44. The average molecular weight is 294 g/mol. The summed E-state index contributed by atoms with van der Waals surface area (Å²) >= 11 is 0. The van der Waals surface area contributed by atoms with Crippen LogP contribution in [0.2, 0.25) is 0 Å². The van der Waals surface area contributed by atoms with Gasteiger partial charge in [0.2, 0.25) is 0 Å². The summed E-state index contributed by atoms with van der Waals surface area (Å²) in [6, 6.07) is 6.05. The van der Waals surface area contributed by atoms with Crippen LogP contribution >= 0.6 is 0 Å². The molecule has 1 atom stereocenters. The van der Waals surface area contributed by atoms with Crippen LogP contribution in [0, 0.1) is 5.92 Å². The molecule has 0 aromatic heterocycles. The number of nitrogens with zero attached hydrogens (tertiary/aromatic N) is 1. The minimum atomic E-state index is -1.04. The maximum Gasteiger partial charge on any atom is 0.326 e. The van der Waals surface area contributed by atoms with Gasteiger partial charge in [-0.05, 0) is 12.0 Å². The molecule has 2 N–H and O–H groups in total.